The first kappa shape index (κ1) is 23.7. The standard InChI is InChI=1S/C16H28N2O3S.2ClH/c1-2-18-11-6-7-14(18)13-17-16(19)10-12-22(20,21)15-8-4-3-5-9-15;;/h10,12,14-15H,2-9,11,13H2,1H3,(H,17,19);2*1H/b12-10+;;. The maximum Gasteiger partial charge on any atom is 0.244 e. The number of likely N-dealkylation sites (tertiary alicyclic amines) is 1. The number of hydrogen-bond donors (Lipinski definition) is 1. The Morgan fingerprint density at radius 3 is 2.42 bits per heavy atom. The number of nitrogens with zero attached hydrogens (tertiary/aromatic N) is 1. The van der Waals surface area contributed by atoms with Crippen LogP contribution >= 0.6 is 24.8 Å². The molecule has 0 radical (unpaired) electrons. The molecular formula is C16H30Cl2N2O3S. The molecule has 1 saturated heterocycles. The van der Waals surface area contributed by atoms with E-state index in [1.54, 1.807) is 0 Å². The molecule has 0 spiro atoms. The Morgan fingerprint density at radius 1 is 1.12 bits per heavy atom. The van der Waals surface area contributed by atoms with Crippen LogP contribution in [0.15, 0.2) is 11.5 Å². The Kier molecular flexibility index (Phi) is 11.2. The van der Waals surface area contributed by atoms with E-state index in [1.807, 2.05) is 0 Å². The van der Waals surface area contributed by atoms with Gasteiger partial charge in [0.25, 0.3) is 0 Å². The lowest BCUT2D eigenvalue weighted by Crippen LogP contribution is -2.39. The highest BCUT2D eigenvalue weighted by Gasteiger charge is 2.25. The number of carbonyl (C=O) groups excluding carboxylic acids is 1. The maximum atomic E-state index is 12.2. The van der Waals surface area contributed by atoms with Gasteiger partial charge in [-0.05, 0) is 38.8 Å². The molecule has 2 aliphatic rings. The topological polar surface area (TPSA) is 66.5 Å². The zero-order chi connectivity index (χ0) is 16.0. The fourth-order valence-electron chi connectivity index (χ4n) is 3.48. The van der Waals surface area contributed by atoms with Crippen molar-refractivity contribution in [1.82, 2.24) is 10.2 Å². The molecule has 2 fully saturated rings. The number of hydrogen-bond acceptors (Lipinski definition) is 4. The molecule has 1 aliphatic carbocycles. The van der Waals surface area contributed by atoms with Crippen LogP contribution in [0.4, 0.5) is 0 Å². The van der Waals surface area contributed by atoms with Crippen molar-refractivity contribution >= 4 is 40.6 Å². The van der Waals surface area contributed by atoms with E-state index in [0.717, 1.165) is 57.0 Å². The molecule has 1 N–H and O–H groups in total. The molecule has 1 atom stereocenters. The van der Waals surface area contributed by atoms with Gasteiger partial charge in [-0.1, -0.05) is 26.2 Å². The van der Waals surface area contributed by atoms with Gasteiger partial charge in [-0.15, -0.1) is 24.8 Å². The third-order valence-electron chi connectivity index (χ3n) is 4.84. The van der Waals surface area contributed by atoms with Crippen molar-refractivity contribution in [1.29, 1.82) is 0 Å². The van der Waals surface area contributed by atoms with E-state index in [2.05, 4.69) is 17.1 Å². The van der Waals surface area contributed by atoms with E-state index >= 15 is 0 Å². The van der Waals surface area contributed by atoms with Crippen LogP contribution < -0.4 is 5.32 Å². The minimum absolute atomic E-state index is 0. The van der Waals surface area contributed by atoms with Crippen LogP contribution in [0.2, 0.25) is 0 Å². The fourth-order valence-corrected chi connectivity index (χ4v) is 5.01. The number of nitrogens with one attached hydrogen (secondary N) is 1. The minimum atomic E-state index is -3.28. The molecule has 1 heterocycles. The van der Waals surface area contributed by atoms with Gasteiger partial charge in [-0.2, -0.15) is 0 Å². The van der Waals surface area contributed by atoms with Crippen molar-refractivity contribution < 1.29 is 13.2 Å². The normalized spacial score (nSPS) is 22.8. The van der Waals surface area contributed by atoms with Crippen LogP contribution in [0, 0.1) is 0 Å². The van der Waals surface area contributed by atoms with E-state index in [-0.39, 0.29) is 36.0 Å². The lowest BCUT2D eigenvalue weighted by molar-refractivity contribution is -0.116. The number of rotatable bonds is 6. The van der Waals surface area contributed by atoms with Gasteiger partial charge in [-0.25, -0.2) is 8.42 Å². The summed E-state index contributed by atoms with van der Waals surface area (Å²) in [4.78, 5) is 14.2. The molecule has 0 aromatic rings. The fraction of sp³-hybridized carbons (Fsp3) is 0.812. The summed E-state index contributed by atoms with van der Waals surface area (Å²) in [5, 5.41) is 3.65. The van der Waals surface area contributed by atoms with E-state index in [4.69, 9.17) is 0 Å². The molecule has 0 bridgehead atoms. The molecule has 142 valence electrons. The van der Waals surface area contributed by atoms with Crippen LogP contribution in [-0.2, 0) is 14.6 Å². The van der Waals surface area contributed by atoms with Crippen LogP contribution in [0.5, 0.6) is 0 Å². The molecule has 24 heavy (non-hydrogen) atoms. The Bertz CT molecular complexity index is 505. The SMILES string of the molecule is CCN1CCCC1CNC(=O)/C=C/S(=O)(=O)C1CCCCC1.Cl.Cl. The quantitative estimate of drug-likeness (QED) is 0.695. The van der Waals surface area contributed by atoms with Crippen molar-refractivity contribution in [2.24, 2.45) is 0 Å². The first-order chi connectivity index (χ1) is 10.5. The predicted molar refractivity (Wildman–Crippen MR) is 103 cm³/mol. The summed E-state index contributed by atoms with van der Waals surface area (Å²) in [6, 6.07) is 0.386. The number of sulfone groups is 1. The van der Waals surface area contributed by atoms with Crippen molar-refractivity contribution in [2.75, 3.05) is 19.6 Å². The van der Waals surface area contributed by atoms with Crippen LogP contribution in [0.25, 0.3) is 0 Å². The minimum Gasteiger partial charge on any atom is -0.351 e. The van der Waals surface area contributed by atoms with Crippen molar-refractivity contribution in [3.8, 4) is 0 Å². The summed E-state index contributed by atoms with van der Waals surface area (Å²) >= 11 is 0. The third-order valence-corrected chi connectivity index (χ3v) is 6.76. The van der Waals surface area contributed by atoms with E-state index in [9.17, 15) is 13.2 Å². The molecule has 1 amide bonds. The van der Waals surface area contributed by atoms with Crippen molar-refractivity contribution in [3.05, 3.63) is 11.5 Å². The molecule has 1 saturated carbocycles. The average molecular weight is 401 g/mol. The second-order valence-corrected chi connectivity index (χ2v) is 8.44. The Hall–Kier alpha value is -0.300. The van der Waals surface area contributed by atoms with Gasteiger partial charge in [0.2, 0.25) is 5.91 Å². The van der Waals surface area contributed by atoms with Crippen molar-refractivity contribution in [2.45, 2.75) is 63.2 Å². The van der Waals surface area contributed by atoms with Gasteiger partial charge in [0.15, 0.2) is 9.84 Å². The van der Waals surface area contributed by atoms with Gasteiger partial charge in [-0.3, -0.25) is 9.69 Å². The average Bonchev–Trinajstić information content (AvgIpc) is 2.99. The summed E-state index contributed by atoms with van der Waals surface area (Å²) in [6.45, 7) is 4.80. The van der Waals surface area contributed by atoms with Crippen LogP contribution in [-0.4, -0.2) is 50.2 Å². The van der Waals surface area contributed by atoms with Crippen LogP contribution in [0.1, 0.15) is 51.9 Å². The largest absolute Gasteiger partial charge is 0.351 e. The van der Waals surface area contributed by atoms with Gasteiger partial charge in [0.05, 0.1) is 5.25 Å². The number of carbonyl (C=O) groups is 1. The van der Waals surface area contributed by atoms with Gasteiger partial charge >= 0.3 is 0 Å². The molecule has 0 aromatic heterocycles. The molecule has 1 unspecified atom stereocenters. The van der Waals surface area contributed by atoms with Crippen LogP contribution in [0.3, 0.4) is 0 Å². The number of halogens is 2. The van der Waals surface area contributed by atoms with E-state index in [0.29, 0.717) is 12.6 Å². The molecule has 5 nitrogen and oxygen atoms in total. The highest BCUT2D eigenvalue weighted by atomic mass is 35.5. The second-order valence-electron chi connectivity index (χ2n) is 6.32. The monoisotopic (exact) mass is 400 g/mol. The Morgan fingerprint density at radius 2 is 1.79 bits per heavy atom. The molecule has 0 aromatic carbocycles. The lowest BCUT2D eigenvalue weighted by Gasteiger charge is -2.22. The molecule has 8 heteroatoms. The molecular weight excluding hydrogens is 371 g/mol. The Labute approximate surface area is 158 Å². The summed E-state index contributed by atoms with van der Waals surface area (Å²) < 4.78 is 24.3. The van der Waals surface area contributed by atoms with Gasteiger partial charge in [0, 0.05) is 24.1 Å². The van der Waals surface area contributed by atoms with Crippen molar-refractivity contribution in [3.63, 3.8) is 0 Å². The first-order valence-electron chi connectivity index (χ1n) is 8.47. The summed E-state index contributed by atoms with van der Waals surface area (Å²) in [5.74, 6) is -0.303. The first-order valence-corrected chi connectivity index (χ1v) is 10.1. The zero-order valence-corrected chi connectivity index (χ0v) is 16.7. The van der Waals surface area contributed by atoms with E-state index in [1.165, 1.54) is 12.5 Å². The third kappa shape index (κ3) is 6.90. The predicted octanol–water partition coefficient (Wildman–Crippen LogP) is 2.69. The lowest BCUT2D eigenvalue weighted by atomic mass is 10.0. The molecule has 2 rings (SSSR count). The summed E-state index contributed by atoms with van der Waals surface area (Å²) in [7, 11) is -3.28. The molecule has 1 aliphatic heterocycles. The zero-order valence-electron chi connectivity index (χ0n) is 14.3. The Balaban J connectivity index is 0.00000264. The van der Waals surface area contributed by atoms with E-state index < -0.39 is 9.84 Å². The second kappa shape index (κ2) is 11.3. The maximum absolute atomic E-state index is 12.2. The van der Waals surface area contributed by atoms with Gasteiger partial charge < -0.3 is 5.32 Å². The van der Waals surface area contributed by atoms with Gasteiger partial charge in [0.1, 0.15) is 0 Å². The number of likely N-dealkylation sites (N-methyl/N-ethyl adjacent to an activating group) is 1. The highest BCUT2D eigenvalue weighted by Crippen LogP contribution is 2.24. The summed E-state index contributed by atoms with van der Waals surface area (Å²) in [5.41, 5.74) is 0. The summed E-state index contributed by atoms with van der Waals surface area (Å²) in [6.07, 6.45) is 7.96. The highest BCUT2D eigenvalue weighted by molar-refractivity contribution is 7.94. The smallest absolute Gasteiger partial charge is 0.244 e. The number of amides is 1.